The summed E-state index contributed by atoms with van der Waals surface area (Å²) in [6, 6.07) is 4.90. The number of carbonyl (C=O) groups excluding carboxylic acids is 2. The lowest BCUT2D eigenvalue weighted by atomic mass is 9.93. The van der Waals surface area contributed by atoms with Crippen molar-refractivity contribution in [2.75, 3.05) is 13.1 Å². The molecule has 2 aromatic heterocycles. The Bertz CT molecular complexity index is 888. The van der Waals surface area contributed by atoms with Crippen molar-refractivity contribution in [3.05, 3.63) is 41.3 Å². The maximum absolute atomic E-state index is 12.7. The van der Waals surface area contributed by atoms with E-state index >= 15 is 0 Å². The van der Waals surface area contributed by atoms with Gasteiger partial charge in [0.15, 0.2) is 5.82 Å². The van der Waals surface area contributed by atoms with Gasteiger partial charge in [-0.15, -0.1) is 0 Å². The van der Waals surface area contributed by atoms with E-state index in [-0.39, 0.29) is 11.8 Å². The van der Waals surface area contributed by atoms with Crippen molar-refractivity contribution in [1.29, 1.82) is 0 Å². The van der Waals surface area contributed by atoms with Crippen LogP contribution in [0.2, 0.25) is 0 Å². The molecule has 7 heteroatoms. The fourth-order valence-corrected chi connectivity index (χ4v) is 4.00. The molecule has 3 heterocycles. The second kappa shape index (κ2) is 7.04. The summed E-state index contributed by atoms with van der Waals surface area (Å²) in [5.41, 5.74) is 2.86. The topological polar surface area (TPSA) is 80.1 Å². The minimum absolute atomic E-state index is 0.00364. The van der Waals surface area contributed by atoms with E-state index in [1.54, 1.807) is 23.7 Å². The lowest BCUT2D eigenvalue weighted by Crippen LogP contribution is -2.49. The zero-order valence-electron chi connectivity index (χ0n) is 16.7. The lowest BCUT2D eigenvalue weighted by Gasteiger charge is -2.33. The standard InChI is InChI=1S/C21H27N5O2/c1-14-12-15(2)26(24-14)18-5-4-17(13-22-18)19(27)23-16(3)20(28)25-10-8-21(6-7-21)9-11-25/h4-5,12-13,16H,6-11H2,1-3H3,(H,23,27)/t16-/m0/s1. The second-order valence-corrected chi connectivity index (χ2v) is 8.26. The molecule has 1 aliphatic carbocycles. The van der Waals surface area contributed by atoms with Crippen LogP contribution in [0, 0.1) is 19.3 Å². The van der Waals surface area contributed by atoms with Crippen LogP contribution in [0.4, 0.5) is 0 Å². The number of likely N-dealkylation sites (tertiary alicyclic amines) is 1. The molecule has 2 aliphatic rings. The molecule has 1 atom stereocenters. The maximum atomic E-state index is 12.7. The summed E-state index contributed by atoms with van der Waals surface area (Å²) < 4.78 is 1.74. The Labute approximate surface area is 165 Å². The molecular weight excluding hydrogens is 354 g/mol. The van der Waals surface area contributed by atoms with E-state index in [1.165, 1.54) is 19.0 Å². The first-order valence-electron chi connectivity index (χ1n) is 9.96. The van der Waals surface area contributed by atoms with E-state index in [2.05, 4.69) is 15.4 Å². The van der Waals surface area contributed by atoms with Crippen LogP contribution in [0.5, 0.6) is 0 Å². The summed E-state index contributed by atoms with van der Waals surface area (Å²) in [5.74, 6) is 0.369. The van der Waals surface area contributed by atoms with Gasteiger partial charge in [0.05, 0.1) is 11.3 Å². The Morgan fingerprint density at radius 1 is 1.14 bits per heavy atom. The number of nitrogens with zero attached hydrogens (tertiary/aromatic N) is 4. The largest absolute Gasteiger partial charge is 0.341 e. The zero-order valence-corrected chi connectivity index (χ0v) is 16.7. The highest BCUT2D eigenvalue weighted by molar-refractivity contribution is 5.97. The third-order valence-electron chi connectivity index (χ3n) is 6.05. The Balaban J connectivity index is 1.36. The van der Waals surface area contributed by atoms with Gasteiger partial charge in [0.25, 0.3) is 5.91 Å². The van der Waals surface area contributed by atoms with E-state index < -0.39 is 6.04 Å². The van der Waals surface area contributed by atoms with Crippen LogP contribution in [0.25, 0.3) is 5.82 Å². The predicted octanol–water partition coefficient (Wildman–Crippen LogP) is 2.41. The van der Waals surface area contributed by atoms with Crippen molar-refractivity contribution in [3.63, 3.8) is 0 Å². The molecule has 0 unspecified atom stereocenters. The fraction of sp³-hybridized carbons (Fsp3) is 0.524. The monoisotopic (exact) mass is 381 g/mol. The molecule has 1 N–H and O–H groups in total. The molecule has 2 aromatic rings. The summed E-state index contributed by atoms with van der Waals surface area (Å²) in [7, 11) is 0. The van der Waals surface area contributed by atoms with E-state index in [4.69, 9.17) is 0 Å². The average molecular weight is 381 g/mol. The molecule has 4 rings (SSSR count). The quantitative estimate of drug-likeness (QED) is 0.882. The highest BCUT2D eigenvalue weighted by Crippen LogP contribution is 2.53. The lowest BCUT2D eigenvalue weighted by molar-refractivity contribution is -0.134. The summed E-state index contributed by atoms with van der Waals surface area (Å²) in [6.07, 6.45) is 6.33. The number of piperidine rings is 1. The van der Waals surface area contributed by atoms with Gasteiger partial charge in [-0.3, -0.25) is 9.59 Å². The summed E-state index contributed by atoms with van der Waals surface area (Å²) in [5, 5.41) is 7.21. The molecule has 2 amide bonds. The van der Waals surface area contributed by atoms with Crippen molar-refractivity contribution in [2.24, 2.45) is 5.41 Å². The molecule has 0 aromatic carbocycles. The minimum atomic E-state index is -0.545. The van der Waals surface area contributed by atoms with Gasteiger partial charge >= 0.3 is 0 Å². The maximum Gasteiger partial charge on any atom is 0.253 e. The van der Waals surface area contributed by atoms with E-state index in [0.29, 0.717) is 16.8 Å². The predicted molar refractivity (Wildman–Crippen MR) is 105 cm³/mol. The van der Waals surface area contributed by atoms with Gasteiger partial charge < -0.3 is 10.2 Å². The van der Waals surface area contributed by atoms with Crippen LogP contribution in [-0.4, -0.2) is 50.6 Å². The number of aryl methyl sites for hydroxylation is 2. The molecule has 1 spiro atoms. The minimum Gasteiger partial charge on any atom is -0.341 e. The number of amides is 2. The highest BCUT2D eigenvalue weighted by Gasteiger charge is 2.45. The smallest absolute Gasteiger partial charge is 0.253 e. The number of hydrogen-bond acceptors (Lipinski definition) is 4. The van der Waals surface area contributed by atoms with Gasteiger partial charge in [-0.05, 0) is 70.1 Å². The van der Waals surface area contributed by atoms with Gasteiger partial charge in [0.2, 0.25) is 5.91 Å². The van der Waals surface area contributed by atoms with Crippen molar-refractivity contribution in [2.45, 2.75) is 52.5 Å². The van der Waals surface area contributed by atoms with Crippen molar-refractivity contribution in [3.8, 4) is 5.82 Å². The van der Waals surface area contributed by atoms with E-state index in [1.807, 2.05) is 24.8 Å². The number of pyridine rings is 1. The number of carbonyl (C=O) groups is 2. The SMILES string of the molecule is Cc1cc(C)n(-c2ccc(C(=O)N[C@@H](C)C(=O)N3CCC4(CC3)CC4)cn2)n1. The molecule has 1 aliphatic heterocycles. The van der Waals surface area contributed by atoms with Gasteiger partial charge in [0, 0.05) is 25.0 Å². The Morgan fingerprint density at radius 2 is 1.86 bits per heavy atom. The van der Waals surface area contributed by atoms with E-state index in [0.717, 1.165) is 37.3 Å². The number of hydrogen-bond donors (Lipinski definition) is 1. The van der Waals surface area contributed by atoms with Crippen LogP contribution in [0.1, 0.15) is 54.4 Å². The molecule has 0 radical (unpaired) electrons. The fourth-order valence-electron chi connectivity index (χ4n) is 4.00. The average Bonchev–Trinajstić information content (AvgIpc) is 3.35. The Morgan fingerprint density at radius 3 is 2.39 bits per heavy atom. The van der Waals surface area contributed by atoms with Gasteiger partial charge in [0.1, 0.15) is 6.04 Å². The molecular formula is C21H27N5O2. The number of nitrogens with one attached hydrogen (secondary N) is 1. The van der Waals surface area contributed by atoms with Crippen LogP contribution >= 0.6 is 0 Å². The van der Waals surface area contributed by atoms with Crippen molar-refractivity contribution < 1.29 is 9.59 Å². The van der Waals surface area contributed by atoms with Gasteiger partial charge in [-0.2, -0.15) is 5.10 Å². The Hall–Kier alpha value is -2.70. The van der Waals surface area contributed by atoms with Crippen LogP contribution in [0.3, 0.4) is 0 Å². The van der Waals surface area contributed by atoms with Crippen LogP contribution in [0.15, 0.2) is 24.4 Å². The Kier molecular flexibility index (Phi) is 4.69. The number of rotatable bonds is 4. The van der Waals surface area contributed by atoms with Crippen molar-refractivity contribution in [1.82, 2.24) is 25.0 Å². The zero-order chi connectivity index (χ0) is 19.9. The molecule has 28 heavy (non-hydrogen) atoms. The molecule has 2 fully saturated rings. The highest BCUT2D eigenvalue weighted by atomic mass is 16.2. The first-order valence-corrected chi connectivity index (χ1v) is 9.96. The first-order chi connectivity index (χ1) is 13.4. The molecule has 1 saturated carbocycles. The normalized spacial score (nSPS) is 18.8. The van der Waals surface area contributed by atoms with Crippen molar-refractivity contribution >= 4 is 11.8 Å². The van der Waals surface area contributed by atoms with E-state index in [9.17, 15) is 9.59 Å². The first kappa shape index (κ1) is 18.7. The van der Waals surface area contributed by atoms with Crippen LogP contribution < -0.4 is 5.32 Å². The summed E-state index contributed by atoms with van der Waals surface area (Å²) in [6.45, 7) is 7.24. The van der Waals surface area contributed by atoms with Gasteiger partial charge in [-0.25, -0.2) is 9.67 Å². The van der Waals surface area contributed by atoms with Crippen LogP contribution in [-0.2, 0) is 4.79 Å². The molecule has 148 valence electrons. The van der Waals surface area contributed by atoms with Gasteiger partial charge in [-0.1, -0.05) is 0 Å². The summed E-state index contributed by atoms with van der Waals surface area (Å²) in [4.78, 5) is 31.4. The summed E-state index contributed by atoms with van der Waals surface area (Å²) >= 11 is 0. The molecule has 1 saturated heterocycles. The molecule has 0 bridgehead atoms. The molecule has 7 nitrogen and oxygen atoms in total. The third-order valence-corrected chi connectivity index (χ3v) is 6.05. The third kappa shape index (κ3) is 3.66. The number of aromatic nitrogens is 3. The second-order valence-electron chi connectivity index (χ2n) is 8.26.